The van der Waals surface area contributed by atoms with Crippen LogP contribution in [0.5, 0.6) is 0 Å². The number of amides is 1. The monoisotopic (exact) mass is 930 g/mol. The lowest BCUT2D eigenvalue weighted by molar-refractivity contribution is -0.151. The molecule has 0 bridgehead atoms. The van der Waals surface area contributed by atoms with Gasteiger partial charge in [-0.1, -0.05) is 263 Å². The summed E-state index contributed by atoms with van der Waals surface area (Å²) in [6.45, 7) is 6.51. The molecule has 0 saturated heterocycles. The van der Waals surface area contributed by atoms with Gasteiger partial charge in [0.15, 0.2) is 0 Å². The minimum Gasteiger partial charge on any atom is -0.462 e. The van der Waals surface area contributed by atoms with E-state index in [9.17, 15) is 19.8 Å². The first-order chi connectivity index (χ1) is 32.5. The van der Waals surface area contributed by atoms with Crippen LogP contribution in [0.25, 0.3) is 0 Å². The molecule has 0 aliphatic carbocycles. The fourth-order valence-electron chi connectivity index (χ4n) is 9.25. The number of hydrogen-bond donors (Lipinski definition) is 3. The third-order valence-corrected chi connectivity index (χ3v) is 13.8. The van der Waals surface area contributed by atoms with Crippen molar-refractivity contribution in [1.29, 1.82) is 0 Å². The molecule has 6 nitrogen and oxygen atoms in total. The second-order valence-corrected chi connectivity index (χ2v) is 20.4. The maximum absolute atomic E-state index is 13.3. The Labute approximate surface area is 411 Å². The number of unbranched alkanes of at least 4 members (excludes halogenated alkanes) is 38. The molecule has 0 aliphatic rings. The molecule has 0 saturated carbocycles. The van der Waals surface area contributed by atoms with Gasteiger partial charge in [-0.15, -0.1) is 0 Å². The van der Waals surface area contributed by atoms with Crippen molar-refractivity contribution in [3.05, 3.63) is 24.3 Å². The van der Waals surface area contributed by atoms with E-state index in [1.807, 2.05) is 0 Å². The lowest BCUT2D eigenvalue weighted by Crippen LogP contribution is -2.46. The Hall–Kier alpha value is -1.66. The number of hydrogen-bond acceptors (Lipinski definition) is 5. The fraction of sp³-hybridized carbons (Fsp3) is 0.900. The number of carbonyl (C=O) groups excluding carboxylic acids is 2. The van der Waals surface area contributed by atoms with Crippen molar-refractivity contribution in [3.63, 3.8) is 0 Å². The number of allylic oxidation sites excluding steroid dienone is 4. The summed E-state index contributed by atoms with van der Waals surface area (Å²) in [5.74, 6) is -0.488. The van der Waals surface area contributed by atoms with Crippen LogP contribution >= 0.6 is 0 Å². The molecule has 0 fully saturated rings. The smallest absolute Gasteiger partial charge is 0.306 e. The Morgan fingerprint density at radius 2 is 0.742 bits per heavy atom. The van der Waals surface area contributed by atoms with Gasteiger partial charge in [0.1, 0.15) is 6.10 Å². The molecule has 6 heteroatoms. The molecule has 0 aromatic rings. The van der Waals surface area contributed by atoms with Gasteiger partial charge in [-0.3, -0.25) is 9.59 Å². The van der Waals surface area contributed by atoms with Gasteiger partial charge in [0, 0.05) is 6.42 Å². The van der Waals surface area contributed by atoms with Gasteiger partial charge in [0.05, 0.1) is 25.2 Å². The van der Waals surface area contributed by atoms with Crippen LogP contribution in [0.3, 0.4) is 0 Å². The van der Waals surface area contributed by atoms with E-state index in [2.05, 4.69) is 50.4 Å². The maximum atomic E-state index is 13.3. The third-order valence-electron chi connectivity index (χ3n) is 13.8. The van der Waals surface area contributed by atoms with Crippen molar-refractivity contribution >= 4 is 11.9 Å². The minimum absolute atomic E-state index is 0.0607. The summed E-state index contributed by atoms with van der Waals surface area (Å²) < 4.78 is 5.94. The Balaban J connectivity index is 4.46. The van der Waals surface area contributed by atoms with Crippen LogP contribution in [0.2, 0.25) is 0 Å². The third kappa shape index (κ3) is 48.8. The molecule has 0 radical (unpaired) electrons. The maximum Gasteiger partial charge on any atom is 0.306 e. The number of esters is 1. The second-order valence-electron chi connectivity index (χ2n) is 20.4. The average Bonchev–Trinajstić information content (AvgIpc) is 3.31. The summed E-state index contributed by atoms with van der Waals surface area (Å²) in [7, 11) is 0. The number of carbonyl (C=O) groups is 2. The normalized spacial score (nSPS) is 13.2. The standard InChI is InChI=1S/C60H115NO5/c1-4-7-10-13-16-19-22-25-27-29-30-31-33-35-38-41-44-47-50-53-60(65)66-56(51-48-45-42-39-36-24-21-18-15-12-9-6-3)54-59(64)61-57(55-62)58(63)52-49-46-43-40-37-34-32-28-26-23-20-17-14-11-8-5-2/h25,27,39,42,56-58,62-63H,4-24,26,28-38,40-41,43-55H2,1-3H3,(H,61,64)/b27-25+,42-39-. The van der Waals surface area contributed by atoms with Gasteiger partial charge < -0.3 is 20.3 Å². The first-order valence-electron chi connectivity index (χ1n) is 29.6. The van der Waals surface area contributed by atoms with Gasteiger partial charge >= 0.3 is 5.97 Å². The second kappa shape index (κ2) is 54.3. The number of aliphatic hydroxyl groups excluding tert-OH is 2. The lowest BCUT2D eigenvalue weighted by atomic mass is 10.0. The van der Waals surface area contributed by atoms with Crippen molar-refractivity contribution in [2.75, 3.05) is 6.61 Å². The van der Waals surface area contributed by atoms with E-state index in [-0.39, 0.29) is 24.9 Å². The van der Waals surface area contributed by atoms with E-state index in [0.29, 0.717) is 19.3 Å². The molecule has 390 valence electrons. The molecule has 3 N–H and O–H groups in total. The van der Waals surface area contributed by atoms with E-state index in [1.54, 1.807) is 0 Å². The van der Waals surface area contributed by atoms with Crippen molar-refractivity contribution in [2.45, 2.75) is 341 Å². The molecular formula is C60H115NO5. The van der Waals surface area contributed by atoms with Gasteiger partial charge in [-0.05, 0) is 70.6 Å². The predicted molar refractivity (Wildman–Crippen MR) is 287 cm³/mol. The first-order valence-corrected chi connectivity index (χ1v) is 29.6. The molecule has 0 spiro atoms. The molecule has 0 aliphatic heterocycles. The fourth-order valence-corrected chi connectivity index (χ4v) is 9.25. The highest BCUT2D eigenvalue weighted by Crippen LogP contribution is 2.18. The molecule has 0 aromatic carbocycles. The van der Waals surface area contributed by atoms with Crippen LogP contribution in [-0.4, -0.2) is 46.9 Å². The Kier molecular flexibility index (Phi) is 52.9. The van der Waals surface area contributed by atoms with Gasteiger partial charge in [0.25, 0.3) is 0 Å². The van der Waals surface area contributed by atoms with E-state index >= 15 is 0 Å². The zero-order valence-corrected chi connectivity index (χ0v) is 44.6. The number of ether oxygens (including phenoxy) is 1. The summed E-state index contributed by atoms with van der Waals surface area (Å²) >= 11 is 0. The molecule has 0 heterocycles. The molecule has 1 amide bonds. The number of rotatable bonds is 54. The average molecular weight is 931 g/mol. The van der Waals surface area contributed by atoms with Crippen LogP contribution in [-0.2, 0) is 14.3 Å². The molecule has 3 atom stereocenters. The highest BCUT2D eigenvalue weighted by molar-refractivity contribution is 5.77. The van der Waals surface area contributed by atoms with E-state index in [0.717, 1.165) is 51.4 Å². The number of aliphatic hydroxyl groups is 2. The number of nitrogens with one attached hydrogen (secondary N) is 1. The Bertz CT molecular complexity index is 1040. The van der Waals surface area contributed by atoms with Crippen LogP contribution < -0.4 is 5.32 Å². The molecule has 0 aromatic heterocycles. The van der Waals surface area contributed by atoms with Gasteiger partial charge in [-0.2, -0.15) is 0 Å². The van der Waals surface area contributed by atoms with Crippen molar-refractivity contribution in [3.8, 4) is 0 Å². The van der Waals surface area contributed by atoms with Gasteiger partial charge in [-0.25, -0.2) is 0 Å². The van der Waals surface area contributed by atoms with E-state index < -0.39 is 18.2 Å². The van der Waals surface area contributed by atoms with Crippen LogP contribution in [0.4, 0.5) is 0 Å². The van der Waals surface area contributed by atoms with Gasteiger partial charge in [0.2, 0.25) is 5.91 Å². The Morgan fingerprint density at radius 3 is 1.11 bits per heavy atom. The summed E-state index contributed by atoms with van der Waals surface area (Å²) in [5.41, 5.74) is 0. The van der Waals surface area contributed by atoms with Crippen LogP contribution in [0.15, 0.2) is 24.3 Å². The Morgan fingerprint density at radius 1 is 0.424 bits per heavy atom. The molecule has 0 rings (SSSR count). The zero-order chi connectivity index (χ0) is 48.1. The predicted octanol–water partition coefficient (Wildman–Crippen LogP) is 18.2. The van der Waals surface area contributed by atoms with Crippen molar-refractivity contribution in [2.24, 2.45) is 0 Å². The quantitative estimate of drug-likeness (QED) is 0.0321. The highest BCUT2D eigenvalue weighted by Gasteiger charge is 2.24. The largest absolute Gasteiger partial charge is 0.462 e. The summed E-state index contributed by atoms with van der Waals surface area (Å²) in [6.07, 6.45) is 64.0. The highest BCUT2D eigenvalue weighted by atomic mass is 16.5. The molecular weight excluding hydrogens is 815 g/mol. The SMILES string of the molecule is CCCCCCCC/C=C/CCCCCCCCCCCC(=O)OC(CCC/C=C\CCCCCCCCC)CC(=O)NC(CO)C(O)CCCCCCCCCCCCCCCCCC. The van der Waals surface area contributed by atoms with Crippen molar-refractivity contribution < 1.29 is 24.5 Å². The summed E-state index contributed by atoms with van der Waals surface area (Å²) in [6, 6.07) is -0.707. The topological polar surface area (TPSA) is 95.9 Å². The van der Waals surface area contributed by atoms with Crippen LogP contribution in [0.1, 0.15) is 323 Å². The van der Waals surface area contributed by atoms with E-state index in [4.69, 9.17) is 4.74 Å². The van der Waals surface area contributed by atoms with Crippen LogP contribution in [0, 0.1) is 0 Å². The first kappa shape index (κ1) is 64.3. The van der Waals surface area contributed by atoms with Crippen molar-refractivity contribution in [1.82, 2.24) is 5.32 Å². The summed E-state index contributed by atoms with van der Waals surface area (Å²) in [5, 5.41) is 23.9. The lowest BCUT2D eigenvalue weighted by Gasteiger charge is -2.24. The molecule has 66 heavy (non-hydrogen) atoms. The molecule has 3 unspecified atom stereocenters. The zero-order valence-electron chi connectivity index (χ0n) is 44.6. The van der Waals surface area contributed by atoms with E-state index in [1.165, 1.54) is 225 Å². The minimum atomic E-state index is -0.792. The summed E-state index contributed by atoms with van der Waals surface area (Å²) in [4.78, 5) is 26.2.